The number of amides is 1. The van der Waals surface area contributed by atoms with Gasteiger partial charge in [-0.1, -0.05) is 48.5 Å². The average molecular weight is 423 g/mol. The van der Waals surface area contributed by atoms with Crippen molar-refractivity contribution >= 4 is 22.8 Å². The lowest BCUT2D eigenvalue weighted by Crippen LogP contribution is -2.14. The summed E-state index contributed by atoms with van der Waals surface area (Å²) < 4.78 is 3.52. The highest BCUT2D eigenvalue weighted by Gasteiger charge is 2.16. The summed E-state index contributed by atoms with van der Waals surface area (Å²) in [4.78, 5) is 22.2. The number of fused-ring (bicyclic) bond motifs is 1. The summed E-state index contributed by atoms with van der Waals surface area (Å²) in [6, 6.07) is 19.3. The van der Waals surface area contributed by atoms with E-state index in [1.165, 1.54) is 0 Å². The number of nitrogens with zero attached hydrogens (tertiary/aromatic N) is 6. The molecule has 8 heteroatoms. The molecule has 0 aliphatic rings. The van der Waals surface area contributed by atoms with Gasteiger partial charge in [-0.15, -0.1) is 5.10 Å². The maximum absolute atomic E-state index is 13.2. The van der Waals surface area contributed by atoms with E-state index in [4.69, 9.17) is 4.98 Å². The summed E-state index contributed by atoms with van der Waals surface area (Å²) in [5.41, 5.74) is 3.90. The lowest BCUT2D eigenvalue weighted by Gasteiger charge is -2.08. The van der Waals surface area contributed by atoms with Crippen LogP contribution in [-0.4, -0.2) is 35.4 Å². The molecule has 5 aromatic rings. The predicted molar refractivity (Wildman–Crippen MR) is 122 cm³/mol. The van der Waals surface area contributed by atoms with Gasteiger partial charge in [-0.3, -0.25) is 14.8 Å². The number of hydrogen-bond acceptors (Lipinski definition) is 5. The van der Waals surface area contributed by atoms with Crippen LogP contribution in [0.1, 0.15) is 22.8 Å². The third kappa shape index (κ3) is 3.98. The summed E-state index contributed by atoms with van der Waals surface area (Å²) in [5.74, 6) is -0.0302. The van der Waals surface area contributed by atoms with Crippen LogP contribution in [0.25, 0.3) is 22.2 Å². The highest BCUT2D eigenvalue weighted by atomic mass is 16.1. The molecule has 3 aromatic heterocycles. The zero-order valence-corrected chi connectivity index (χ0v) is 17.5. The quantitative estimate of drug-likeness (QED) is 0.446. The fourth-order valence-corrected chi connectivity index (χ4v) is 3.55. The maximum atomic E-state index is 13.2. The molecule has 158 valence electrons. The van der Waals surface area contributed by atoms with Gasteiger partial charge in [0.25, 0.3) is 5.91 Å². The second-order valence-corrected chi connectivity index (χ2v) is 7.36. The second-order valence-electron chi connectivity index (χ2n) is 7.36. The molecule has 0 saturated heterocycles. The van der Waals surface area contributed by atoms with E-state index in [0.29, 0.717) is 17.8 Å². The van der Waals surface area contributed by atoms with E-state index >= 15 is 0 Å². The van der Waals surface area contributed by atoms with E-state index in [1.807, 2.05) is 72.4 Å². The van der Waals surface area contributed by atoms with E-state index in [-0.39, 0.29) is 11.9 Å². The van der Waals surface area contributed by atoms with Crippen LogP contribution in [0.2, 0.25) is 0 Å². The van der Waals surface area contributed by atoms with E-state index in [0.717, 1.165) is 28.6 Å². The normalized spacial score (nSPS) is 11.0. The molecule has 8 nitrogen and oxygen atoms in total. The third-order valence-electron chi connectivity index (χ3n) is 5.16. The molecule has 0 fully saturated rings. The van der Waals surface area contributed by atoms with Gasteiger partial charge in [-0.05, 0) is 24.6 Å². The number of benzene rings is 2. The first kappa shape index (κ1) is 19.6. The predicted octanol–water partition coefficient (Wildman–Crippen LogP) is 4.01. The number of carbonyl (C=O) groups is 1. The molecule has 1 amide bonds. The maximum Gasteiger partial charge on any atom is 0.258 e. The van der Waals surface area contributed by atoms with Crippen LogP contribution in [-0.2, 0) is 13.1 Å². The van der Waals surface area contributed by atoms with Crippen molar-refractivity contribution in [1.82, 2.24) is 29.5 Å². The van der Waals surface area contributed by atoms with Gasteiger partial charge in [-0.25, -0.2) is 14.6 Å². The fourth-order valence-electron chi connectivity index (χ4n) is 3.55. The summed E-state index contributed by atoms with van der Waals surface area (Å²) in [5, 5.41) is 12.3. The number of hydrogen-bond donors (Lipinski definition) is 1. The van der Waals surface area contributed by atoms with Crippen molar-refractivity contribution in [3.63, 3.8) is 0 Å². The monoisotopic (exact) mass is 423 g/mol. The number of para-hydroxylation sites is 1. The molecule has 0 aliphatic carbocycles. The molecule has 2 aromatic carbocycles. The van der Waals surface area contributed by atoms with Gasteiger partial charge in [0.1, 0.15) is 6.33 Å². The van der Waals surface area contributed by atoms with E-state index in [2.05, 4.69) is 20.5 Å². The van der Waals surface area contributed by atoms with Crippen molar-refractivity contribution in [3.05, 3.63) is 90.5 Å². The minimum Gasteiger partial charge on any atom is -0.289 e. The Hall–Kier alpha value is -4.33. The number of aromatic nitrogens is 6. The number of anilines is 1. The van der Waals surface area contributed by atoms with Crippen LogP contribution >= 0.6 is 0 Å². The van der Waals surface area contributed by atoms with Crippen LogP contribution in [0, 0.1) is 0 Å². The standard InChI is InChI=1S/C24H21N7O/c1-2-30-15-18(13-26-30)22-12-20(19-10-6-7-11-21(19)27-22)23(32)28-24-25-16-31(29-24)14-17-8-4-3-5-9-17/h3-13,15-16H,2,14H2,1H3,(H,28,29,32). The first-order valence-corrected chi connectivity index (χ1v) is 10.4. The largest absolute Gasteiger partial charge is 0.289 e. The summed E-state index contributed by atoms with van der Waals surface area (Å²) >= 11 is 0. The Morgan fingerprint density at radius 1 is 1.03 bits per heavy atom. The van der Waals surface area contributed by atoms with E-state index in [1.54, 1.807) is 23.3 Å². The average Bonchev–Trinajstić information content (AvgIpc) is 3.48. The molecule has 5 rings (SSSR count). The smallest absolute Gasteiger partial charge is 0.258 e. The summed E-state index contributed by atoms with van der Waals surface area (Å²) in [6.45, 7) is 3.36. The molecule has 0 saturated carbocycles. The molecule has 1 N–H and O–H groups in total. The van der Waals surface area contributed by atoms with E-state index in [9.17, 15) is 4.79 Å². The van der Waals surface area contributed by atoms with Gasteiger partial charge < -0.3 is 0 Å². The number of nitrogens with one attached hydrogen (secondary N) is 1. The van der Waals surface area contributed by atoms with Crippen LogP contribution in [0.5, 0.6) is 0 Å². The van der Waals surface area contributed by atoms with Crippen LogP contribution in [0.15, 0.2) is 79.4 Å². The molecular weight excluding hydrogens is 402 g/mol. The number of rotatable bonds is 6. The Bertz CT molecular complexity index is 1390. The van der Waals surface area contributed by atoms with Crippen molar-refractivity contribution in [2.45, 2.75) is 20.0 Å². The second kappa shape index (κ2) is 8.43. The van der Waals surface area contributed by atoms with Gasteiger partial charge in [-0.2, -0.15) is 5.10 Å². The minimum atomic E-state index is -0.287. The Morgan fingerprint density at radius 2 is 1.84 bits per heavy atom. The molecule has 0 bridgehead atoms. The number of pyridine rings is 1. The van der Waals surface area contributed by atoms with E-state index < -0.39 is 0 Å². The van der Waals surface area contributed by atoms with Crippen LogP contribution in [0.4, 0.5) is 5.95 Å². The van der Waals surface area contributed by atoms with Crippen LogP contribution < -0.4 is 5.32 Å². The van der Waals surface area contributed by atoms with Gasteiger partial charge in [0.15, 0.2) is 0 Å². The van der Waals surface area contributed by atoms with Crippen molar-refractivity contribution in [1.29, 1.82) is 0 Å². The van der Waals surface area contributed by atoms with Crippen molar-refractivity contribution in [2.75, 3.05) is 5.32 Å². The van der Waals surface area contributed by atoms with Gasteiger partial charge in [0, 0.05) is 23.7 Å². The number of aryl methyl sites for hydroxylation is 1. The molecule has 3 heterocycles. The summed E-state index contributed by atoms with van der Waals surface area (Å²) in [6.07, 6.45) is 5.29. The Balaban J connectivity index is 1.44. The van der Waals surface area contributed by atoms with Crippen LogP contribution in [0.3, 0.4) is 0 Å². The summed E-state index contributed by atoms with van der Waals surface area (Å²) in [7, 11) is 0. The van der Waals surface area contributed by atoms with Gasteiger partial charge >= 0.3 is 0 Å². The minimum absolute atomic E-state index is 0.257. The SMILES string of the molecule is CCn1cc(-c2cc(C(=O)Nc3ncn(Cc4ccccc4)n3)c3ccccc3n2)cn1. The lowest BCUT2D eigenvalue weighted by atomic mass is 10.1. The zero-order chi connectivity index (χ0) is 21.9. The van der Waals surface area contributed by atoms with Gasteiger partial charge in [0.05, 0.1) is 29.5 Å². The number of carbonyl (C=O) groups excluding carboxylic acids is 1. The molecule has 0 radical (unpaired) electrons. The topological polar surface area (TPSA) is 90.5 Å². The molecule has 0 unspecified atom stereocenters. The highest BCUT2D eigenvalue weighted by Crippen LogP contribution is 2.25. The molecular formula is C24H21N7O. The van der Waals surface area contributed by atoms with Crippen molar-refractivity contribution in [2.24, 2.45) is 0 Å². The molecule has 32 heavy (non-hydrogen) atoms. The third-order valence-corrected chi connectivity index (χ3v) is 5.16. The van der Waals surface area contributed by atoms with Crippen molar-refractivity contribution in [3.8, 4) is 11.3 Å². The highest BCUT2D eigenvalue weighted by molar-refractivity contribution is 6.12. The molecule has 0 atom stereocenters. The Morgan fingerprint density at radius 3 is 2.66 bits per heavy atom. The Labute approximate surface area is 184 Å². The first-order valence-electron chi connectivity index (χ1n) is 10.4. The Kier molecular flexibility index (Phi) is 5.17. The zero-order valence-electron chi connectivity index (χ0n) is 17.5. The first-order chi connectivity index (χ1) is 15.7. The fraction of sp³-hybridized carbons (Fsp3) is 0.125. The van der Waals surface area contributed by atoms with Crippen molar-refractivity contribution < 1.29 is 4.79 Å². The molecule has 0 spiro atoms. The van der Waals surface area contributed by atoms with Gasteiger partial charge in [0.2, 0.25) is 5.95 Å². The lowest BCUT2D eigenvalue weighted by molar-refractivity contribution is 0.102. The molecule has 0 aliphatic heterocycles.